The Bertz CT molecular complexity index is 592. The Hall–Kier alpha value is -2.82. The summed E-state index contributed by atoms with van der Waals surface area (Å²) in [4.78, 5) is 27.5. The van der Waals surface area contributed by atoms with Gasteiger partial charge in [0.15, 0.2) is 0 Å². The lowest BCUT2D eigenvalue weighted by molar-refractivity contribution is -0.921. The quantitative estimate of drug-likeness (QED) is 0.412. The predicted octanol–water partition coefficient (Wildman–Crippen LogP) is 2.37. The Kier molecular flexibility index (Phi) is 8.40. The summed E-state index contributed by atoms with van der Waals surface area (Å²) in [6, 6.07) is 0.769. The molecule has 0 bridgehead atoms. The standard InChI is InChI=1S/C8H20N.C6H3N3O7/c1-5-9(6-2,7-3)8-4;10-6-4(8(13)14)1-3(7(11)12)2-5(6)9(15)16/h5-8H2,1-4H3;1-2,10H/q+1;/p-1. The number of benzene rings is 1. The van der Waals surface area contributed by atoms with E-state index in [1.807, 2.05) is 0 Å². The van der Waals surface area contributed by atoms with Crippen LogP contribution < -0.4 is 5.11 Å². The van der Waals surface area contributed by atoms with Crippen LogP contribution in [0, 0.1) is 30.3 Å². The largest absolute Gasteiger partial charge is 0.863 e. The van der Waals surface area contributed by atoms with Crippen molar-refractivity contribution in [1.29, 1.82) is 0 Å². The normalized spacial score (nSPS) is 10.6. The summed E-state index contributed by atoms with van der Waals surface area (Å²) in [5.74, 6) is -1.46. The Morgan fingerprint density at radius 3 is 1.24 bits per heavy atom. The van der Waals surface area contributed by atoms with E-state index < -0.39 is 37.6 Å². The van der Waals surface area contributed by atoms with Crippen LogP contribution in [0.25, 0.3) is 0 Å². The predicted molar refractivity (Wildman–Crippen MR) is 88.3 cm³/mol. The summed E-state index contributed by atoms with van der Waals surface area (Å²) in [6.45, 7) is 14.2. The minimum absolute atomic E-state index is 0.384. The van der Waals surface area contributed by atoms with Crippen molar-refractivity contribution >= 4 is 17.1 Å². The van der Waals surface area contributed by atoms with Gasteiger partial charge in [0.05, 0.1) is 58.8 Å². The van der Waals surface area contributed by atoms with Crippen molar-refractivity contribution in [3.8, 4) is 5.75 Å². The van der Waals surface area contributed by atoms with Crippen molar-refractivity contribution in [2.75, 3.05) is 26.2 Å². The Morgan fingerprint density at radius 2 is 1.08 bits per heavy atom. The van der Waals surface area contributed by atoms with Crippen LogP contribution in [-0.2, 0) is 0 Å². The number of rotatable bonds is 7. The van der Waals surface area contributed by atoms with E-state index in [0.717, 1.165) is 0 Å². The third kappa shape index (κ3) is 5.64. The molecule has 0 radical (unpaired) electrons. The second kappa shape index (κ2) is 9.47. The van der Waals surface area contributed by atoms with E-state index in [0.29, 0.717) is 12.1 Å². The van der Waals surface area contributed by atoms with E-state index in [9.17, 15) is 35.4 Å². The van der Waals surface area contributed by atoms with Gasteiger partial charge >= 0.3 is 0 Å². The van der Waals surface area contributed by atoms with Gasteiger partial charge in [-0.2, -0.15) is 0 Å². The molecule has 0 fully saturated rings. The number of quaternary nitrogens is 1. The summed E-state index contributed by atoms with van der Waals surface area (Å²) >= 11 is 0. The van der Waals surface area contributed by atoms with Crippen LogP contribution in [0.4, 0.5) is 17.1 Å². The highest BCUT2D eigenvalue weighted by Gasteiger charge is 2.24. The molecular weight excluding hydrogens is 336 g/mol. The summed E-state index contributed by atoms with van der Waals surface area (Å²) < 4.78 is 1.28. The molecule has 1 aromatic rings. The number of non-ortho nitro benzene ring substituents is 1. The topological polar surface area (TPSA) is 152 Å². The Labute approximate surface area is 144 Å². The average Bonchev–Trinajstić information content (AvgIpc) is 2.57. The molecule has 25 heavy (non-hydrogen) atoms. The highest BCUT2D eigenvalue weighted by Crippen LogP contribution is 2.36. The average molecular weight is 358 g/mol. The first-order chi connectivity index (χ1) is 11.6. The van der Waals surface area contributed by atoms with Gasteiger partial charge < -0.3 is 9.59 Å². The second-order valence-electron chi connectivity index (χ2n) is 5.19. The first-order valence-electron chi connectivity index (χ1n) is 7.72. The summed E-state index contributed by atoms with van der Waals surface area (Å²) in [6.07, 6.45) is 0. The van der Waals surface area contributed by atoms with Gasteiger partial charge in [0.2, 0.25) is 0 Å². The molecule has 0 unspecified atom stereocenters. The van der Waals surface area contributed by atoms with Crippen LogP contribution in [0.1, 0.15) is 27.7 Å². The summed E-state index contributed by atoms with van der Waals surface area (Å²) in [5, 5.41) is 42.1. The Balaban J connectivity index is 0.000000547. The highest BCUT2D eigenvalue weighted by atomic mass is 16.6. The van der Waals surface area contributed by atoms with Gasteiger partial charge in [-0.05, 0) is 27.7 Å². The fraction of sp³-hybridized carbons (Fsp3) is 0.571. The van der Waals surface area contributed by atoms with Gasteiger partial charge in [0, 0.05) is 0 Å². The van der Waals surface area contributed by atoms with Crippen molar-refractivity contribution in [3.05, 3.63) is 42.5 Å². The Morgan fingerprint density at radius 1 is 0.760 bits per heavy atom. The molecule has 11 heteroatoms. The smallest absolute Gasteiger partial charge is 0.283 e. The molecule has 0 heterocycles. The maximum Gasteiger partial charge on any atom is 0.283 e. The third-order valence-corrected chi connectivity index (χ3v) is 4.32. The molecule has 0 spiro atoms. The zero-order valence-corrected chi connectivity index (χ0v) is 14.6. The maximum atomic E-state index is 11.1. The molecule has 0 aliphatic carbocycles. The lowest BCUT2D eigenvalue weighted by atomic mass is 10.2. The fourth-order valence-corrected chi connectivity index (χ4v) is 2.30. The molecule has 140 valence electrons. The minimum atomic E-state index is -1.46. The van der Waals surface area contributed by atoms with E-state index >= 15 is 0 Å². The molecule has 0 atom stereocenters. The van der Waals surface area contributed by atoms with Crippen molar-refractivity contribution < 1.29 is 24.4 Å². The van der Waals surface area contributed by atoms with Crippen LogP contribution >= 0.6 is 0 Å². The minimum Gasteiger partial charge on any atom is -0.863 e. The molecular formula is C14H22N4O7. The van der Waals surface area contributed by atoms with Gasteiger partial charge in [-0.1, -0.05) is 0 Å². The monoisotopic (exact) mass is 358 g/mol. The fourth-order valence-electron chi connectivity index (χ4n) is 2.30. The molecule has 0 aromatic heterocycles. The van der Waals surface area contributed by atoms with E-state index in [1.165, 1.54) is 30.7 Å². The number of nitrogens with zero attached hydrogens (tertiary/aromatic N) is 4. The third-order valence-electron chi connectivity index (χ3n) is 4.32. The van der Waals surface area contributed by atoms with Crippen LogP contribution in [0.3, 0.4) is 0 Å². The van der Waals surface area contributed by atoms with Gasteiger partial charge in [-0.25, -0.2) is 0 Å². The van der Waals surface area contributed by atoms with Crippen molar-refractivity contribution in [1.82, 2.24) is 0 Å². The number of hydrogen-bond acceptors (Lipinski definition) is 7. The lowest BCUT2D eigenvalue weighted by Crippen LogP contribution is -2.47. The first kappa shape index (κ1) is 22.2. The molecule has 0 saturated heterocycles. The lowest BCUT2D eigenvalue weighted by Gasteiger charge is -2.34. The molecule has 0 saturated carbocycles. The maximum absolute atomic E-state index is 11.1. The number of nitro benzene ring substituents is 3. The number of hydrogen-bond donors (Lipinski definition) is 0. The molecule has 1 aromatic carbocycles. The van der Waals surface area contributed by atoms with Gasteiger partial charge in [0.1, 0.15) is 0 Å². The zero-order chi connectivity index (χ0) is 19.8. The van der Waals surface area contributed by atoms with E-state index in [4.69, 9.17) is 0 Å². The van der Waals surface area contributed by atoms with Crippen LogP contribution in [0.2, 0.25) is 0 Å². The van der Waals surface area contributed by atoms with E-state index in [1.54, 1.807) is 0 Å². The zero-order valence-electron chi connectivity index (χ0n) is 14.6. The van der Waals surface area contributed by atoms with Gasteiger partial charge in [-0.3, -0.25) is 30.3 Å². The van der Waals surface area contributed by atoms with Crippen LogP contribution in [0.5, 0.6) is 5.75 Å². The van der Waals surface area contributed by atoms with Crippen molar-refractivity contribution in [3.63, 3.8) is 0 Å². The van der Waals surface area contributed by atoms with Crippen molar-refractivity contribution in [2.45, 2.75) is 27.7 Å². The van der Waals surface area contributed by atoms with Gasteiger partial charge in [0.25, 0.3) is 17.1 Å². The molecule has 0 amide bonds. The first-order valence-corrected chi connectivity index (χ1v) is 7.72. The highest BCUT2D eigenvalue weighted by molar-refractivity contribution is 5.63. The molecule has 0 aliphatic rings. The molecule has 1 rings (SSSR count). The van der Waals surface area contributed by atoms with E-state index in [-0.39, 0.29) is 0 Å². The summed E-state index contributed by atoms with van der Waals surface area (Å²) in [5.41, 5.74) is -3.26. The second-order valence-corrected chi connectivity index (χ2v) is 5.19. The van der Waals surface area contributed by atoms with Crippen LogP contribution in [-0.4, -0.2) is 45.4 Å². The van der Waals surface area contributed by atoms with Crippen molar-refractivity contribution in [2.24, 2.45) is 0 Å². The molecule has 0 aliphatic heterocycles. The van der Waals surface area contributed by atoms with Crippen LogP contribution in [0.15, 0.2) is 12.1 Å². The molecule has 11 nitrogen and oxygen atoms in total. The SMILES string of the molecule is CC[N+](CC)(CC)CC.O=[N+]([O-])c1cc([N+](=O)[O-])c([O-])c([N+](=O)[O-])c1. The summed E-state index contributed by atoms with van der Waals surface area (Å²) in [7, 11) is 0. The number of nitro groups is 3. The van der Waals surface area contributed by atoms with E-state index in [2.05, 4.69) is 27.7 Å². The van der Waals surface area contributed by atoms with Gasteiger partial charge in [-0.15, -0.1) is 0 Å². The molecule has 0 N–H and O–H groups in total.